The number of sulfonamides is 1. The number of nitrogens with one attached hydrogen (secondary N) is 2. The summed E-state index contributed by atoms with van der Waals surface area (Å²) in [5.74, 6) is 0.571. The van der Waals surface area contributed by atoms with Gasteiger partial charge in [0.2, 0.25) is 16.0 Å². The van der Waals surface area contributed by atoms with E-state index >= 15 is 0 Å². The predicted molar refractivity (Wildman–Crippen MR) is 228 cm³/mol. The van der Waals surface area contributed by atoms with Crippen LogP contribution in [0, 0.1) is 0 Å². The SMILES string of the molecule is COc1ccc2c(c1)C=C(c1c(C(=O)N3C[C@@H](C)O[C@@H](C)C3)cnn1-c1nc3ccccc3[nH]1)Cn1c-2c(C2CCCCC2)c2ccc(C(=O)NS(=O)(=O)C(C)C)cc21. The first kappa shape index (κ1) is 38.8. The molecule has 0 spiro atoms. The zero-order chi connectivity index (χ0) is 41.2. The Balaban J connectivity index is 1.29. The van der Waals surface area contributed by atoms with Crippen LogP contribution in [0.25, 0.3) is 50.8 Å². The summed E-state index contributed by atoms with van der Waals surface area (Å²) in [6, 6.07) is 19.3. The average molecular weight is 816 g/mol. The Kier molecular flexibility index (Phi) is 9.95. The number of carbonyl (C=O) groups is 2. The highest BCUT2D eigenvalue weighted by molar-refractivity contribution is 7.90. The van der Waals surface area contributed by atoms with Gasteiger partial charge in [0.15, 0.2) is 0 Å². The molecule has 6 aromatic rings. The number of para-hydroxylation sites is 2. The number of ether oxygens (including phenoxy) is 2. The summed E-state index contributed by atoms with van der Waals surface area (Å²) in [4.78, 5) is 38.7. The number of methoxy groups -OCH3 is 1. The summed E-state index contributed by atoms with van der Waals surface area (Å²) in [6.07, 6.45) is 8.94. The van der Waals surface area contributed by atoms with Crippen LogP contribution in [-0.4, -0.2) is 87.1 Å². The van der Waals surface area contributed by atoms with Crippen LogP contribution >= 0.6 is 0 Å². The third-order valence-electron chi connectivity index (χ3n) is 12.0. The summed E-state index contributed by atoms with van der Waals surface area (Å²) in [5, 5.41) is 5.10. The van der Waals surface area contributed by atoms with Gasteiger partial charge in [0, 0.05) is 35.1 Å². The monoisotopic (exact) mass is 815 g/mol. The van der Waals surface area contributed by atoms with E-state index in [1.807, 2.05) is 67.3 Å². The molecule has 2 amide bonds. The second-order valence-corrected chi connectivity index (χ2v) is 18.7. The van der Waals surface area contributed by atoms with E-state index in [1.165, 1.54) is 25.8 Å². The molecule has 2 aliphatic heterocycles. The molecule has 2 N–H and O–H groups in total. The molecule has 3 aromatic heterocycles. The molecule has 1 saturated heterocycles. The van der Waals surface area contributed by atoms with Crippen molar-refractivity contribution in [3.05, 3.63) is 94.8 Å². The zero-order valence-electron chi connectivity index (χ0n) is 34.0. The fourth-order valence-electron chi connectivity index (χ4n) is 9.16. The van der Waals surface area contributed by atoms with Gasteiger partial charge in [-0.3, -0.25) is 9.59 Å². The molecule has 1 saturated carbocycles. The lowest BCUT2D eigenvalue weighted by Gasteiger charge is -2.35. The Morgan fingerprint density at radius 1 is 0.966 bits per heavy atom. The van der Waals surface area contributed by atoms with Crippen LogP contribution in [0.4, 0.5) is 0 Å². The van der Waals surface area contributed by atoms with Crippen molar-refractivity contribution in [1.82, 2.24) is 33.9 Å². The van der Waals surface area contributed by atoms with Gasteiger partial charge >= 0.3 is 0 Å². The zero-order valence-corrected chi connectivity index (χ0v) is 34.8. The summed E-state index contributed by atoms with van der Waals surface area (Å²) < 4.78 is 43.8. The highest BCUT2D eigenvalue weighted by Crippen LogP contribution is 2.48. The minimum atomic E-state index is -3.88. The minimum absolute atomic E-state index is 0.137. The Hall–Kier alpha value is -5.73. The molecule has 0 unspecified atom stereocenters. The van der Waals surface area contributed by atoms with Crippen LogP contribution in [0.2, 0.25) is 0 Å². The molecule has 1 aliphatic carbocycles. The third-order valence-corrected chi connectivity index (χ3v) is 13.7. The van der Waals surface area contributed by atoms with Gasteiger partial charge in [-0.25, -0.2) is 18.1 Å². The van der Waals surface area contributed by atoms with Crippen LogP contribution in [0.3, 0.4) is 0 Å². The number of morpholine rings is 1. The van der Waals surface area contributed by atoms with Crippen molar-refractivity contribution in [2.24, 2.45) is 0 Å². The van der Waals surface area contributed by atoms with Crippen LogP contribution in [0.5, 0.6) is 5.75 Å². The Morgan fingerprint density at radius 2 is 1.73 bits per heavy atom. The Bertz CT molecular complexity index is 2730. The largest absolute Gasteiger partial charge is 0.497 e. The molecule has 0 bridgehead atoms. The molecule has 5 heterocycles. The predicted octanol–water partition coefficient (Wildman–Crippen LogP) is 7.70. The molecular weight excluding hydrogens is 767 g/mol. The molecule has 13 nitrogen and oxygen atoms in total. The fraction of sp³-hybridized carbons (Fsp3) is 0.378. The Morgan fingerprint density at radius 3 is 2.46 bits per heavy atom. The van der Waals surface area contributed by atoms with E-state index in [0.717, 1.165) is 70.0 Å². The number of hydrogen-bond donors (Lipinski definition) is 2. The molecule has 14 heteroatoms. The molecule has 0 radical (unpaired) electrons. The second-order valence-electron chi connectivity index (χ2n) is 16.4. The average Bonchev–Trinajstić information content (AvgIpc) is 3.91. The number of amides is 2. The quantitative estimate of drug-likeness (QED) is 0.159. The van der Waals surface area contributed by atoms with Crippen molar-refractivity contribution in [2.45, 2.75) is 89.7 Å². The molecule has 2 fully saturated rings. The molecule has 306 valence electrons. The summed E-state index contributed by atoms with van der Waals surface area (Å²) in [7, 11) is -2.23. The summed E-state index contributed by atoms with van der Waals surface area (Å²) in [5.41, 5.74) is 8.56. The smallest absolute Gasteiger partial charge is 0.264 e. The first-order valence-electron chi connectivity index (χ1n) is 20.5. The number of rotatable bonds is 8. The van der Waals surface area contributed by atoms with E-state index in [-0.39, 0.29) is 29.6 Å². The van der Waals surface area contributed by atoms with Gasteiger partial charge in [0.1, 0.15) is 5.75 Å². The van der Waals surface area contributed by atoms with Gasteiger partial charge in [-0.1, -0.05) is 37.5 Å². The number of H-pyrrole nitrogens is 1. The number of nitrogens with zero attached hydrogens (tertiary/aromatic N) is 5. The van der Waals surface area contributed by atoms with Crippen LogP contribution in [0.15, 0.2) is 66.9 Å². The number of hydrogen-bond acceptors (Lipinski definition) is 8. The van der Waals surface area contributed by atoms with E-state index in [9.17, 15) is 18.0 Å². The molecule has 3 aliphatic rings. The highest BCUT2D eigenvalue weighted by Gasteiger charge is 2.35. The summed E-state index contributed by atoms with van der Waals surface area (Å²) in [6.45, 7) is 8.20. The van der Waals surface area contributed by atoms with Crippen LogP contribution in [-0.2, 0) is 21.3 Å². The number of aromatic nitrogens is 5. The minimum Gasteiger partial charge on any atom is -0.497 e. The normalized spacial score (nSPS) is 18.7. The Labute approximate surface area is 343 Å². The maximum Gasteiger partial charge on any atom is 0.264 e. The number of carbonyl (C=O) groups excluding carboxylic acids is 2. The van der Waals surface area contributed by atoms with Gasteiger partial charge in [0.25, 0.3) is 11.8 Å². The lowest BCUT2D eigenvalue weighted by atomic mass is 9.81. The standard InChI is InChI=1S/C45H49N7O6S/c1-26(2)59(55,56)49-43(53)30-15-17-35-39(21-30)51-25-32(19-31-20-33(57-5)16-18-34(31)42(51)40(35)29-11-7-6-8-12-29)41-36(44(54)50-23-27(3)58-28(4)24-50)22-46-52(41)45-47-37-13-9-10-14-38(37)48-45/h9-10,13-22,26-29H,6-8,11-12,23-25H2,1-5H3,(H,47,48)(H,49,53)/t27-,28+. The highest BCUT2D eigenvalue weighted by atomic mass is 32.2. The van der Waals surface area contributed by atoms with E-state index in [2.05, 4.69) is 26.4 Å². The fourth-order valence-corrected chi connectivity index (χ4v) is 9.77. The van der Waals surface area contributed by atoms with E-state index in [1.54, 1.807) is 24.1 Å². The molecular formula is C45H49N7O6S. The number of benzene rings is 3. The van der Waals surface area contributed by atoms with E-state index in [0.29, 0.717) is 42.6 Å². The van der Waals surface area contributed by atoms with Gasteiger partial charge in [0.05, 0.1) is 65.3 Å². The third kappa shape index (κ3) is 7.01. The van der Waals surface area contributed by atoms with Crippen LogP contribution < -0.4 is 9.46 Å². The number of fused-ring (bicyclic) bond motifs is 6. The number of imidazole rings is 1. The van der Waals surface area contributed by atoms with Gasteiger partial charge in [-0.15, -0.1) is 0 Å². The molecule has 59 heavy (non-hydrogen) atoms. The maximum atomic E-state index is 14.8. The van der Waals surface area contributed by atoms with E-state index < -0.39 is 21.2 Å². The van der Waals surface area contributed by atoms with Gasteiger partial charge in [-0.05, 0) is 112 Å². The van der Waals surface area contributed by atoms with Crippen molar-refractivity contribution in [3.63, 3.8) is 0 Å². The number of allylic oxidation sites excluding steroid dienone is 1. The summed E-state index contributed by atoms with van der Waals surface area (Å²) >= 11 is 0. The van der Waals surface area contributed by atoms with Crippen molar-refractivity contribution in [1.29, 1.82) is 0 Å². The first-order valence-corrected chi connectivity index (χ1v) is 22.0. The molecule has 9 rings (SSSR count). The lowest BCUT2D eigenvalue weighted by molar-refractivity contribution is -0.0586. The van der Waals surface area contributed by atoms with Crippen molar-refractivity contribution in [3.8, 4) is 23.0 Å². The molecule has 3 aromatic carbocycles. The topological polar surface area (TPSA) is 153 Å². The van der Waals surface area contributed by atoms with Gasteiger partial charge < -0.3 is 23.9 Å². The van der Waals surface area contributed by atoms with Gasteiger partial charge in [-0.2, -0.15) is 9.78 Å². The van der Waals surface area contributed by atoms with Crippen molar-refractivity contribution in [2.75, 3.05) is 20.2 Å². The lowest BCUT2D eigenvalue weighted by Crippen LogP contribution is -2.48. The van der Waals surface area contributed by atoms with Crippen molar-refractivity contribution >= 4 is 55.4 Å². The van der Waals surface area contributed by atoms with Crippen molar-refractivity contribution < 1.29 is 27.5 Å². The second kappa shape index (κ2) is 15.1. The molecule has 2 atom stereocenters. The van der Waals surface area contributed by atoms with Crippen LogP contribution in [0.1, 0.15) is 103 Å². The maximum absolute atomic E-state index is 14.8. The van der Waals surface area contributed by atoms with E-state index in [4.69, 9.17) is 19.6 Å². The number of aromatic amines is 1. The first-order chi connectivity index (χ1) is 28.4.